The molecule has 0 spiro atoms. The normalized spacial score (nSPS) is 13.4. The fraction of sp³-hybridized carbons (Fsp3) is 0.632. The number of benzene rings is 1. The number of carbonyl (C=O) groups excluding carboxylic acids is 1. The maximum absolute atomic E-state index is 12.4. The monoisotopic (exact) mass is 290 g/mol. The SMILES string of the molecule is CCC(=O)C(c1cc(C)cc(C(C)(C)C)c1OC)C(C)C. The molecule has 0 radical (unpaired) electrons. The predicted molar refractivity (Wildman–Crippen MR) is 89.3 cm³/mol. The minimum Gasteiger partial charge on any atom is -0.496 e. The van der Waals surface area contributed by atoms with Crippen molar-refractivity contribution in [1.82, 2.24) is 0 Å². The van der Waals surface area contributed by atoms with Crippen molar-refractivity contribution in [3.05, 3.63) is 28.8 Å². The van der Waals surface area contributed by atoms with Crippen LogP contribution in [0.3, 0.4) is 0 Å². The van der Waals surface area contributed by atoms with Gasteiger partial charge < -0.3 is 4.74 Å². The zero-order valence-corrected chi connectivity index (χ0v) is 14.8. The second-order valence-electron chi connectivity index (χ2n) is 7.23. The van der Waals surface area contributed by atoms with Gasteiger partial charge >= 0.3 is 0 Å². The number of aryl methyl sites for hydroxylation is 1. The van der Waals surface area contributed by atoms with Crippen LogP contribution in [-0.2, 0) is 10.2 Å². The molecule has 0 bridgehead atoms. The topological polar surface area (TPSA) is 26.3 Å². The summed E-state index contributed by atoms with van der Waals surface area (Å²) in [6, 6.07) is 4.29. The van der Waals surface area contributed by atoms with E-state index in [4.69, 9.17) is 4.74 Å². The lowest BCUT2D eigenvalue weighted by Gasteiger charge is -2.28. The molecule has 2 nitrogen and oxygen atoms in total. The molecular weight excluding hydrogens is 260 g/mol. The molecule has 0 saturated heterocycles. The third-order valence-corrected chi connectivity index (χ3v) is 3.97. The van der Waals surface area contributed by atoms with Gasteiger partial charge in [0.15, 0.2) is 0 Å². The number of ketones is 1. The third-order valence-electron chi connectivity index (χ3n) is 3.97. The first-order valence-electron chi connectivity index (χ1n) is 7.85. The number of rotatable bonds is 5. The van der Waals surface area contributed by atoms with Gasteiger partial charge in [0.1, 0.15) is 11.5 Å². The summed E-state index contributed by atoms with van der Waals surface area (Å²) in [5, 5.41) is 0. The molecule has 0 heterocycles. The molecule has 21 heavy (non-hydrogen) atoms. The molecule has 1 atom stereocenters. The molecule has 2 heteroatoms. The van der Waals surface area contributed by atoms with E-state index in [1.807, 2.05) is 6.92 Å². The number of Topliss-reactive ketones (excluding diaryl/α,β-unsaturated/α-hetero) is 1. The average Bonchev–Trinajstić information content (AvgIpc) is 2.36. The molecule has 0 aliphatic rings. The molecule has 1 aromatic rings. The average molecular weight is 290 g/mol. The quantitative estimate of drug-likeness (QED) is 0.761. The van der Waals surface area contributed by atoms with Crippen LogP contribution in [0.1, 0.15) is 70.6 Å². The second kappa shape index (κ2) is 6.64. The Morgan fingerprint density at radius 2 is 1.81 bits per heavy atom. The maximum atomic E-state index is 12.4. The van der Waals surface area contributed by atoms with Crippen molar-refractivity contribution in [2.24, 2.45) is 5.92 Å². The van der Waals surface area contributed by atoms with Crippen molar-refractivity contribution in [2.45, 2.75) is 66.2 Å². The molecule has 0 aliphatic heterocycles. The molecule has 0 amide bonds. The van der Waals surface area contributed by atoms with Crippen LogP contribution in [-0.4, -0.2) is 12.9 Å². The van der Waals surface area contributed by atoms with E-state index in [2.05, 4.69) is 53.7 Å². The number of hydrogen-bond donors (Lipinski definition) is 0. The van der Waals surface area contributed by atoms with E-state index < -0.39 is 0 Å². The first kappa shape index (κ1) is 17.7. The summed E-state index contributed by atoms with van der Waals surface area (Å²) < 4.78 is 5.73. The standard InChI is InChI=1S/C19H30O2/c1-9-16(20)17(12(2)3)14-10-13(4)11-15(18(14)21-8)19(5,6)7/h10-12,17H,9H2,1-8H3. The third kappa shape index (κ3) is 3.87. The Morgan fingerprint density at radius 3 is 2.19 bits per heavy atom. The highest BCUT2D eigenvalue weighted by molar-refractivity contribution is 5.86. The van der Waals surface area contributed by atoms with E-state index in [-0.39, 0.29) is 23.0 Å². The molecule has 0 N–H and O–H groups in total. The molecule has 1 aromatic carbocycles. The minimum atomic E-state index is -0.0917. The minimum absolute atomic E-state index is 0.0110. The van der Waals surface area contributed by atoms with Gasteiger partial charge in [-0.15, -0.1) is 0 Å². The van der Waals surface area contributed by atoms with E-state index in [0.717, 1.165) is 11.3 Å². The highest BCUT2D eigenvalue weighted by Crippen LogP contribution is 2.41. The molecule has 0 aromatic heterocycles. The first-order chi connectivity index (χ1) is 9.63. The molecular formula is C19H30O2. The van der Waals surface area contributed by atoms with Crippen molar-refractivity contribution in [2.75, 3.05) is 7.11 Å². The summed E-state index contributed by atoms with van der Waals surface area (Å²) in [6.07, 6.45) is 0.560. The molecule has 118 valence electrons. The van der Waals surface area contributed by atoms with E-state index in [9.17, 15) is 4.79 Å². The van der Waals surface area contributed by atoms with Crippen LogP contribution in [0.2, 0.25) is 0 Å². The Hall–Kier alpha value is -1.31. The van der Waals surface area contributed by atoms with Gasteiger partial charge in [0.05, 0.1) is 7.11 Å². The van der Waals surface area contributed by atoms with E-state index in [1.54, 1.807) is 7.11 Å². The second-order valence-corrected chi connectivity index (χ2v) is 7.23. The molecule has 1 rings (SSSR count). The van der Waals surface area contributed by atoms with E-state index in [1.165, 1.54) is 11.1 Å². The lowest BCUT2D eigenvalue weighted by molar-refractivity contribution is -0.121. The summed E-state index contributed by atoms with van der Waals surface area (Å²) in [6.45, 7) is 14.8. The fourth-order valence-electron chi connectivity index (χ4n) is 2.94. The summed E-state index contributed by atoms with van der Waals surface area (Å²) in [4.78, 5) is 12.4. The van der Waals surface area contributed by atoms with Crippen molar-refractivity contribution in [3.8, 4) is 5.75 Å². The van der Waals surface area contributed by atoms with Crippen molar-refractivity contribution in [1.29, 1.82) is 0 Å². The summed E-state index contributed by atoms with van der Waals surface area (Å²) in [5.41, 5.74) is 3.40. The largest absolute Gasteiger partial charge is 0.496 e. The maximum Gasteiger partial charge on any atom is 0.140 e. The van der Waals surface area contributed by atoms with Gasteiger partial charge in [0.25, 0.3) is 0 Å². The van der Waals surface area contributed by atoms with Crippen molar-refractivity contribution < 1.29 is 9.53 Å². The molecule has 0 saturated carbocycles. The van der Waals surface area contributed by atoms with Crippen molar-refractivity contribution in [3.63, 3.8) is 0 Å². The number of carbonyl (C=O) groups is 1. The summed E-state index contributed by atoms with van der Waals surface area (Å²) in [5.74, 6) is 1.34. The summed E-state index contributed by atoms with van der Waals surface area (Å²) in [7, 11) is 1.71. The highest BCUT2D eigenvalue weighted by atomic mass is 16.5. The van der Waals surface area contributed by atoms with Gasteiger partial charge in [0, 0.05) is 23.5 Å². The van der Waals surface area contributed by atoms with Crippen LogP contribution in [0.4, 0.5) is 0 Å². The van der Waals surface area contributed by atoms with Gasteiger partial charge in [-0.1, -0.05) is 59.2 Å². The summed E-state index contributed by atoms with van der Waals surface area (Å²) >= 11 is 0. The Bertz CT molecular complexity index is 507. The van der Waals surface area contributed by atoms with Crippen LogP contribution < -0.4 is 4.74 Å². The van der Waals surface area contributed by atoms with Gasteiger partial charge in [0.2, 0.25) is 0 Å². The van der Waals surface area contributed by atoms with Crippen LogP contribution in [0, 0.1) is 12.8 Å². The van der Waals surface area contributed by atoms with Gasteiger partial charge in [-0.25, -0.2) is 0 Å². The van der Waals surface area contributed by atoms with Crippen LogP contribution in [0.5, 0.6) is 5.75 Å². The smallest absolute Gasteiger partial charge is 0.140 e. The highest BCUT2D eigenvalue weighted by Gasteiger charge is 2.30. The Balaban J connectivity index is 3.61. The van der Waals surface area contributed by atoms with Crippen LogP contribution in [0.15, 0.2) is 12.1 Å². The molecule has 0 aliphatic carbocycles. The zero-order valence-electron chi connectivity index (χ0n) is 14.8. The predicted octanol–water partition coefficient (Wildman–Crippen LogP) is 5.02. The Morgan fingerprint density at radius 1 is 1.24 bits per heavy atom. The van der Waals surface area contributed by atoms with Gasteiger partial charge in [-0.3, -0.25) is 4.79 Å². The lowest BCUT2D eigenvalue weighted by atomic mass is 9.78. The zero-order chi connectivity index (χ0) is 16.4. The van der Waals surface area contributed by atoms with E-state index >= 15 is 0 Å². The Kier molecular flexibility index (Phi) is 5.61. The van der Waals surface area contributed by atoms with Gasteiger partial charge in [-0.05, 0) is 18.3 Å². The van der Waals surface area contributed by atoms with Crippen molar-refractivity contribution >= 4 is 5.78 Å². The number of ether oxygens (including phenoxy) is 1. The Labute approximate surface area is 129 Å². The fourth-order valence-corrected chi connectivity index (χ4v) is 2.94. The van der Waals surface area contributed by atoms with Gasteiger partial charge in [-0.2, -0.15) is 0 Å². The number of methoxy groups -OCH3 is 1. The lowest BCUT2D eigenvalue weighted by Crippen LogP contribution is -2.21. The first-order valence-corrected chi connectivity index (χ1v) is 7.85. The molecule has 0 fully saturated rings. The van der Waals surface area contributed by atoms with Crippen LogP contribution >= 0.6 is 0 Å². The van der Waals surface area contributed by atoms with E-state index in [0.29, 0.717) is 6.42 Å². The number of hydrogen-bond acceptors (Lipinski definition) is 2. The molecule has 1 unspecified atom stereocenters. The van der Waals surface area contributed by atoms with Crippen LogP contribution in [0.25, 0.3) is 0 Å².